The van der Waals surface area contributed by atoms with Crippen LogP contribution < -0.4 is 10.6 Å². The first-order valence-electron chi connectivity index (χ1n) is 5.47. The summed E-state index contributed by atoms with van der Waals surface area (Å²) in [5.41, 5.74) is 8.98. The van der Waals surface area contributed by atoms with Gasteiger partial charge in [-0.05, 0) is 23.1 Å². The molecular weight excluding hydrogens is 184 g/mol. The molecule has 0 aliphatic heterocycles. The van der Waals surface area contributed by atoms with Gasteiger partial charge in [0.05, 0.1) is 0 Å². The summed E-state index contributed by atoms with van der Waals surface area (Å²) in [5, 5.41) is 0. The van der Waals surface area contributed by atoms with E-state index in [-0.39, 0.29) is 5.41 Å². The molecule has 1 aromatic carbocycles. The zero-order valence-corrected chi connectivity index (χ0v) is 9.99. The Balaban J connectivity index is 2.28. The molecule has 1 aliphatic carbocycles. The van der Waals surface area contributed by atoms with Gasteiger partial charge < -0.3 is 10.6 Å². The minimum absolute atomic E-state index is 0.269. The SMILES string of the molecule is CN(C)c1cccc([C@@H]2[C@@H](N)C2(C)C)c1. The van der Waals surface area contributed by atoms with Crippen LogP contribution >= 0.6 is 0 Å². The zero-order valence-electron chi connectivity index (χ0n) is 9.99. The van der Waals surface area contributed by atoms with Gasteiger partial charge in [-0.3, -0.25) is 0 Å². The van der Waals surface area contributed by atoms with Crippen LogP contribution in [0.15, 0.2) is 24.3 Å². The zero-order chi connectivity index (χ0) is 11.2. The van der Waals surface area contributed by atoms with Crippen LogP contribution in [0.1, 0.15) is 25.3 Å². The van der Waals surface area contributed by atoms with Crippen LogP contribution in [0.2, 0.25) is 0 Å². The number of hydrogen-bond acceptors (Lipinski definition) is 2. The van der Waals surface area contributed by atoms with Gasteiger partial charge in [0, 0.05) is 31.7 Å². The molecule has 0 saturated heterocycles. The van der Waals surface area contributed by atoms with Crippen molar-refractivity contribution in [2.75, 3.05) is 19.0 Å². The number of hydrogen-bond donors (Lipinski definition) is 1. The summed E-state index contributed by atoms with van der Waals surface area (Å²) in [6.45, 7) is 4.48. The lowest BCUT2D eigenvalue weighted by Gasteiger charge is -2.14. The van der Waals surface area contributed by atoms with E-state index in [1.165, 1.54) is 11.3 Å². The summed E-state index contributed by atoms with van der Waals surface area (Å²) in [5.74, 6) is 0.525. The lowest BCUT2D eigenvalue weighted by Crippen LogP contribution is -2.09. The van der Waals surface area contributed by atoms with Crippen molar-refractivity contribution in [1.82, 2.24) is 0 Å². The molecule has 2 heteroatoms. The Kier molecular flexibility index (Phi) is 2.27. The van der Waals surface area contributed by atoms with E-state index in [9.17, 15) is 0 Å². The van der Waals surface area contributed by atoms with Crippen molar-refractivity contribution >= 4 is 5.69 Å². The molecule has 1 saturated carbocycles. The number of rotatable bonds is 2. The molecule has 2 rings (SSSR count). The third-order valence-electron chi connectivity index (χ3n) is 3.66. The van der Waals surface area contributed by atoms with Crippen LogP contribution in [0.4, 0.5) is 5.69 Å². The number of benzene rings is 1. The van der Waals surface area contributed by atoms with E-state index in [1.807, 2.05) is 0 Å². The monoisotopic (exact) mass is 204 g/mol. The Morgan fingerprint density at radius 2 is 1.87 bits per heavy atom. The second-order valence-electron chi connectivity index (χ2n) is 5.31. The maximum atomic E-state index is 6.09. The quantitative estimate of drug-likeness (QED) is 0.800. The second-order valence-corrected chi connectivity index (χ2v) is 5.31. The minimum Gasteiger partial charge on any atom is -0.378 e. The minimum atomic E-state index is 0.269. The molecule has 0 aromatic heterocycles. The number of nitrogens with two attached hydrogens (primary N) is 1. The summed E-state index contributed by atoms with van der Waals surface area (Å²) in [7, 11) is 4.13. The van der Waals surface area contributed by atoms with Crippen LogP contribution in [0.25, 0.3) is 0 Å². The molecule has 82 valence electrons. The molecule has 2 nitrogen and oxygen atoms in total. The van der Waals surface area contributed by atoms with Crippen molar-refractivity contribution in [3.63, 3.8) is 0 Å². The van der Waals surface area contributed by atoms with Crippen LogP contribution in [-0.2, 0) is 0 Å². The molecule has 0 spiro atoms. The average molecular weight is 204 g/mol. The lowest BCUT2D eigenvalue weighted by molar-refractivity contribution is 0.599. The Hall–Kier alpha value is -1.02. The van der Waals surface area contributed by atoms with E-state index < -0.39 is 0 Å². The first kappa shape index (κ1) is 10.5. The summed E-state index contributed by atoms with van der Waals surface area (Å²) < 4.78 is 0. The molecule has 1 aliphatic rings. The van der Waals surface area contributed by atoms with Crippen LogP contribution in [0, 0.1) is 5.41 Å². The Morgan fingerprint density at radius 3 is 2.33 bits per heavy atom. The second kappa shape index (κ2) is 3.24. The molecule has 0 radical (unpaired) electrons. The normalized spacial score (nSPS) is 27.5. The largest absolute Gasteiger partial charge is 0.378 e. The topological polar surface area (TPSA) is 29.3 Å². The molecule has 0 heterocycles. The van der Waals surface area contributed by atoms with Gasteiger partial charge in [-0.1, -0.05) is 26.0 Å². The molecule has 2 atom stereocenters. The molecule has 1 aromatic rings. The van der Waals surface area contributed by atoms with E-state index in [0.29, 0.717) is 12.0 Å². The maximum absolute atomic E-state index is 6.09. The summed E-state index contributed by atoms with van der Waals surface area (Å²) in [6, 6.07) is 9.00. The van der Waals surface area contributed by atoms with Gasteiger partial charge in [-0.15, -0.1) is 0 Å². The third-order valence-corrected chi connectivity index (χ3v) is 3.66. The average Bonchev–Trinajstić information content (AvgIpc) is 2.66. The predicted octanol–water partition coefficient (Wildman–Crippen LogP) is 2.20. The van der Waals surface area contributed by atoms with E-state index >= 15 is 0 Å². The van der Waals surface area contributed by atoms with E-state index in [0.717, 1.165) is 0 Å². The van der Waals surface area contributed by atoms with E-state index in [1.54, 1.807) is 0 Å². The highest BCUT2D eigenvalue weighted by molar-refractivity contribution is 5.50. The molecular formula is C13H20N2. The number of nitrogens with zero attached hydrogens (tertiary/aromatic N) is 1. The van der Waals surface area contributed by atoms with Gasteiger partial charge in [-0.2, -0.15) is 0 Å². The smallest absolute Gasteiger partial charge is 0.0363 e. The molecule has 15 heavy (non-hydrogen) atoms. The van der Waals surface area contributed by atoms with Crippen molar-refractivity contribution in [3.05, 3.63) is 29.8 Å². The van der Waals surface area contributed by atoms with Crippen molar-refractivity contribution in [1.29, 1.82) is 0 Å². The van der Waals surface area contributed by atoms with E-state index in [2.05, 4.69) is 57.1 Å². The standard InChI is InChI=1S/C13H20N2/c1-13(2)11(12(13)14)9-6-5-7-10(8-9)15(3)4/h5-8,11-12H,14H2,1-4H3/t11-,12-/m1/s1. The van der Waals surface area contributed by atoms with Gasteiger partial charge in [0.1, 0.15) is 0 Å². The highest BCUT2D eigenvalue weighted by atomic mass is 15.1. The first-order valence-corrected chi connectivity index (χ1v) is 5.47. The first-order chi connectivity index (χ1) is 6.94. The molecule has 1 fully saturated rings. The van der Waals surface area contributed by atoms with Crippen LogP contribution in [0.3, 0.4) is 0 Å². The maximum Gasteiger partial charge on any atom is 0.0363 e. The fourth-order valence-corrected chi connectivity index (χ4v) is 2.31. The fraction of sp³-hybridized carbons (Fsp3) is 0.538. The predicted molar refractivity (Wildman–Crippen MR) is 65.3 cm³/mol. The van der Waals surface area contributed by atoms with Gasteiger partial charge in [0.2, 0.25) is 0 Å². The molecule has 0 amide bonds. The molecule has 0 unspecified atom stereocenters. The van der Waals surface area contributed by atoms with Gasteiger partial charge >= 0.3 is 0 Å². The van der Waals surface area contributed by atoms with Crippen molar-refractivity contribution in [2.45, 2.75) is 25.8 Å². The Morgan fingerprint density at radius 1 is 1.27 bits per heavy atom. The highest BCUT2D eigenvalue weighted by Gasteiger charge is 2.56. The van der Waals surface area contributed by atoms with Crippen molar-refractivity contribution in [2.24, 2.45) is 11.1 Å². The fourth-order valence-electron chi connectivity index (χ4n) is 2.31. The summed E-state index contributed by atoms with van der Waals surface area (Å²) in [6.07, 6.45) is 0. The molecule has 0 bridgehead atoms. The van der Waals surface area contributed by atoms with Crippen molar-refractivity contribution < 1.29 is 0 Å². The Bertz CT molecular complexity index is 369. The molecule has 2 N–H and O–H groups in total. The highest BCUT2D eigenvalue weighted by Crippen LogP contribution is 2.57. The third kappa shape index (κ3) is 1.63. The van der Waals surface area contributed by atoms with E-state index in [4.69, 9.17) is 5.73 Å². The number of anilines is 1. The van der Waals surface area contributed by atoms with Gasteiger partial charge in [0.25, 0.3) is 0 Å². The Labute approximate surface area is 92.1 Å². The summed E-state index contributed by atoms with van der Waals surface area (Å²) >= 11 is 0. The van der Waals surface area contributed by atoms with Crippen molar-refractivity contribution in [3.8, 4) is 0 Å². The lowest BCUT2D eigenvalue weighted by atomic mass is 10.0. The van der Waals surface area contributed by atoms with Crippen LogP contribution in [-0.4, -0.2) is 20.1 Å². The summed E-state index contributed by atoms with van der Waals surface area (Å²) in [4.78, 5) is 2.13. The van der Waals surface area contributed by atoms with Crippen LogP contribution in [0.5, 0.6) is 0 Å². The van der Waals surface area contributed by atoms with Gasteiger partial charge in [-0.25, -0.2) is 0 Å². The van der Waals surface area contributed by atoms with Gasteiger partial charge in [0.15, 0.2) is 0 Å².